The van der Waals surface area contributed by atoms with Crippen molar-refractivity contribution in [1.29, 1.82) is 0 Å². The maximum atomic E-state index is 10.1. The number of phenolic OH excluding ortho intramolecular Hbond substituents is 2. The van der Waals surface area contributed by atoms with Crippen LogP contribution in [0.5, 0.6) is 11.5 Å². The Morgan fingerprint density at radius 1 is 0.850 bits per heavy atom. The van der Waals surface area contributed by atoms with E-state index in [4.69, 9.17) is 10.2 Å². The Balaban J connectivity index is 0.000000200. The topological polar surface area (TPSA) is 57.5 Å². The molecule has 0 bridgehead atoms. The van der Waals surface area contributed by atoms with Crippen LogP contribution >= 0.6 is 0 Å². The molecule has 106 valence electrons. The van der Waals surface area contributed by atoms with Gasteiger partial charge in [-0.2, -0.15) is 0 Å². The Hall–Kier alpha value is -2.29. The minimum Gasteiger partial charge on any atom is -0.507 e. The van der Waals surface area contributed by atoms with Crippen LogP contribution in [-0.4, -0.2) is 16.5 Å². The van der Waals surface area contributed by atoms with Crippen molar-refractivity contribution < 1.29 is 15.0 Å². The van der Waals surface area contributed by atoms with E-state index in [2.05, 4.69) is 51.1 Å². The summed E-state index contributed by atoms with van der Waals surface area (Å²) in [5.74, 6) is -0.398. The second-order valence-corrected chi connectivity index (χ2v) is 5.44. The van der Waals surface area contributed by atoms with Crippen LogP contribution in [0.1, 0.15) is 36.7 Å². The zero-order chi connectivity index (χ0) is 15.2. The van der Waals surface area contributed by atoms with E-state index >= 15 is 0 Å². The van der Waals surface area contributed by atoms with E-state index in [1.165, 1.54) is 23.8 Å². The van der Waals surface area contributed by atoms with Crippen molar-refractivity contribution in [3.05, 3.63) is 59.7 Å². The first-order chi connectivity index (χ1) is 9.36. The summed E-state index contributed by atoms with van der Waals surface area (Å²) in [6, 6.07) is 14.7. The Labute approximate surface area is 119 Å². The molecule has 20 heavy (non-hydrogen) atoms. The number of carbonyl (C=O) groups excluding carboxylic acids is 1. The number of hydrogen-bond acceptors (Lipinski definition) is 3. The first-order valence-corrected chi connectivity index (χ1v) is 6.38. The van der Waals surface area contributed by atoms with Gasteiger partial charge in [0.2, 0.25) is 0 Å². The van der Waals surface area contributed by atoms with Crippen molar-refractivity contribution in [3.63, 3.8) is 0 Å². The number of phenols is 2. The molecule has 0 radical (unpaired) electrons. The van der Waals surface area contributed by atoms with E-state index in [1.54, 1.807) is 0 Å². The fourth-order valence-electron chi connectivity index (χ4n) is 1.60. The Bertz CT molecular complexity index is 534. The van der Waals surface area contributed by atoms with Crippen molar-refractivity contribution in [3.8, 4) is 11.5 Å². The van der Waals surface area contributed by atoms with Crippen LogP contribution < -0.4 is 0 Å². The van der Waals surface area contributed by atoms with E-state index in [0.717, 1.165) is 0 Å². The molecule has 2 rings (SSSR count). The van der Waals surface area contributed by atoms with E-state index < -0.39 is 0 Å². The zero-order valence-electron chi connectivity index (χ0n) is 12.0. The van der Waals surface area contributed by atoms with Crippen LogP contribution in [0.25, 0.3) is 0 Å². The molecular weight excluding hydrogens is 252 g/mol. The molecule has 0 saturated carbocycles. The summed E-state index contributed by atoms with van der Waals surface area (Å²) in [5, 5.41) is 17.8. The molecule has 3 heteroatoms. The summed E-state index contributed by atoms with van der Waals surface area (Å²) in [6.45, 7) is 6.67. The lowest BCUT2D eigenvalue weighted by atomic mass is 9.87. The standard InChI is InChI=1S/C10H14.C7H6O3/c1-10(2,3)9-7-5-4-6-8-9;8-4-5-6(9)2-1-3-7(5)10/h4-8H,1-3H3;1-4,9-10H. The van der Waals surface area contributed by atoms with Crippen LogP contribution in [0.15, 0.2) is 48.5 Å². The Morgan fingerprint density at radius 2 is 1.35 bits per heavy atom. The molecule has 0 saturated heterocycles. The normalized spacial score (nSPS) is 10.3. The van der Waals surface area contributed by atoms with Gasteiger partial charge in [-0.05, 0) is 23.1 Å². The molecule has 0 spiro atoms. The number of benzene rings is 2. The minimum atomic E-state index is -0.199. The van der Waals surface area contributed by atoms with Gasteiger partial charge in [-0.3, -0.25) is 4.79 Å². The molecular formula is C17H20O3. The lowest BCUT2D eigenvalue weighted by Crippen LogP contribution is -2.10. The van der Waals surface area contributed by atoms with E-state index in [0.29, 0.717) is 11.7 Å². The third-order valence-electron chi connectivity index (χ3n) is 2.82. The van der Waals surface area contributed by atoms with E-state index in [9.17, 15) is 4.79 Å². The first kappa shape index (κ1) is 15.8. The molecule has 2 aromatic rings. The molecule has 2 N–H and O–H groups in total. The maximum absolute atomic E-state index is 10.1. The first-order valence-electron chi connectivity index (χ1n) is 6.38. The predicted octanol–water partition coefficient (Wildman–Crippen LogP) is 3.89. The van der Waals surface area contributed by atoms with Crippen molar-refractivity contribution in [2.24, 2.45) is 0 Å². The highest BCUT2D eigenvalue weighted by atomic mass is 16.3. The van der Waals surface area contributed by atoms with Crippen LogP contribution in [0.3, 0.4) is 0 Å². The summed E-state index contributed by atoms with van der Waals surface area (Å²) < 4.78 is 0. The summed E-state index contributed by atoms with van der Waals surface area (Å²) in [5.41, 5.74) is 1.62. The highest BCUT2D eigenvalue weighted by molar-refractivity contribution is 5.83. The molecule has 0 aliphatic carbocycles. The van der Waals surface area contributed by atoms with Crippen molar-refractivity contribution in [1.82, 2.24) is 0 Å². The quantitative estimate of drug-likeness (QED) is 0.774. The summed E-state index contributed by atoms with van der Waals surface area (Å²) in [7, 11) is 0. The summed E-state index contributed by atoms with van der Waals surface area (Å²) in [6.07, 6.45) is 0.407. The van der Waals surface area contributed by atoms with Crippen molar-refractivity contribution in [2.45, 2.75) is 26.2 Å². The van der Waals surface area contributed by atoms with Crippen molar-refractivity contribution in [2.75, 3.05) is 0 Å². The Morgan fingerprint density at radius 3 is 1.65 bits per heavy atom. The van der Waals surface area contributed by atoms with Crippen LogP contribution in [-0.2, 0) is 5.41 Å². The molecule has 0 aliphatic heterocycles. The maximum Gasteiger partial charge on any atom is 0.157 e. The summed E-state index contributed by atoms with van der Waals surface area (Å²) in [4.78, 5) is 10.1. The lowest BCUT2D eigenvalue weighted by molar-refractivity contribution is 0.111. The van der Waals surface area contributed by atoms with Gasteiger partial charge in [0.15, 0.2) is 6.29 Å². The molecule has 0 atom stereocenters. The lowest BCUT2D eigenvalue weighted by Gasteiger charge is -2.18. The Kier molecular flexibility index (Phi) is 5.32. The number of aldehydes is 1. The fraction of sp³-hybridized carbons (Fsp3) is 0.235. The monoisotopic (exact) mass is 272 g/mol. The van der Waals surface area contributed by atoms with Gasteiger partial charge in [-0.1, -0.05) is 57.2 Å². The molecule has 2 aromatic carbocycles. The average molecular weight is 272 g/mol. The number of carbonyl (C=O) groups is 1. The van der Waals surface area contributed by atoms with Gasteiger partial charge in [-0.15, -0.1) is 0 Å². The smallest absolute Gasteiger partial charge is 0.157 e. The average Bonchev–Trinajstić information content (AvgIpc) is 2.40. The fourth-order valence-corrected chi connectivity index (χ4v) is 1.60. The van der Waals surface area contributed by atoms with Crippen LogP contribution in [0.2, 0.25) is 0 Å². The van der Waals surface area contributed by atoms with Gasteiger partial charge in [-0.25, -0.2) is 0 Å². The second-order valence-electron chi connectivity index (χ2n) is 5.44. The summed E-state index contributed by atoms with van der Waals surface area (Å²) >= 11 is 0. The van der Waals surface area contributed by atoms with E-state index in [1.807, 2.05) is 0 Å². The molecule has 0 aromatic heterocycles. The SMILES string of the molecule is CC(C)(C)c1ccccc1.O=Cc1c(O)cccc1O. The molecule has 0 unspecified atom stereocenters. The third-order valence-corrected chi connectivity index (χ3v) is 2.82. The van der Waals surface area contributed by atoms with E-state index in [-0.39, 0.29) is 17.1 Å². The van der Waals surface area contributed by atoms with Crippen LogP contribution in [0.4, 0.5) is 0 Å². The second kappa shape index (κ2) is 6.75. The third kappa shape index (κ3) is 4.43. The molecule has 0 fully saturated rings. The molecule has 0 aliphatic rings. The van der Waals surface area contributed by atoms with Crippen molar-refractivity contribution >= 4 is 6.29 Å². The highest BCUT2D eigenvalue weighted by Crippen LogP contribution is 2.23. The van der Waals surface area contributed by atoms with Gasteiger partial charge in [0.25, 0.3) is 0 Å². The van der Waals surface area contributed by atoms with Gasteiger partial charge in [0, 0.05) is 0 Å². The number of aromatic hydroxyl groups is 2. The van der Waals surface area contributed by atoms with Gasteiger partial charge >= 0.3 is 0 Å². The van der Waals surface area contributed by atoms with Gasteiger partial charge in [0.1, 0.15) is 11.5 Å². The minimum absolute atomic E-state index is 0.0671. The molecule has 3 nitrogen and oxygen atoms in total. The zero-order valence-corrected chi connectivity index (χ0v) is 12.0. The highest BCUT2D eigenvalue weighted by Gasteiger charge is 2.11. The van der Waals surface area contributed by atoms with Gasteiger partial charge < -0.3 is 10.2 Å². The van der Waals surface area contributed by atoms with Crippen LogP contribution in [0, 0.1) is 0 Å². The number of hydrogen-bond donors (Lipinski definition) is 2. The number of rotatable bonds is 1. The largest absolute Gasteiger partial charge is 0.507 e. The predicted molar refractivity (Wildman–Crippen MR) is 80.3 cm³/mol. The van der Waals surface area contributed by atoms with Gasteiger partial charge in [0.05, 0.1) is 5.56 Å². The molecule has 0 amide bonds. The molecule has 0 heterocycles.